The fraction of sp³-hybridized carbons (Fsp3) is 0.643. The predicted octanol–water partition coefficient (Wildman–Crippen LogP) is 3.88. The second kappa shape index (κ2) is 9.20. The molecule has 0 bridgehead atoms. The molecule has 0 radical (unpaired) electrons. The zero-order chi connectivity index (χ0) is 12.4. The monoisotopic (exact) mass is 224 g/mol. The number of methoxy groups -OCH3 is 1. The van der Waals surface area contributed by atoms with Gasteiger partial charge in [-0.2, -0.15) is 0 Å². The van der Waals surface area contributed by atoms with Crippen LogP contribution in [-0.4, -0.2) is 13.1 Å². The molecule has 0 saturated carbocycles. The Morgan fingerprint density at radius 2 is 2.12 bits per heavy atom. The van der Waals surface area contributed by atoms with E-state index in [9.17, 15) is 4.79 Å². The van der Waals surface area contributed by atoms with E-state index in [4.69, 9.17) is 0 Å². The fourth-order valence-electron chi connectivity index (χ4n) is 1.34. The number of rotatable bonds is 7. The van der Waals surface area contributed by atoms with Crippen molar-refractivity contribution in [2.24, 2.45) is 5.92 Å². The summed E-state index contributed by atoms with van der Waals surface area (Å²) < 4.78 is 4.52. The number of carbonyl (C=O) groups is 1. The minimum Gasteiger partial charge on any atom is -0.466 e. The van der Waals surface area contributed by atoms with E-state index in [0.717, 1.165) is 19.3 Å². The summed E-state index contributed by atoms with van der Waals surface area (Å²) in [5, 5.41) is 0. The molecule has 2 nitrogen and oxygen atoms in total. The van der Waals surface area contributed by atoms with Crippen LogP contribution in [0.1, 0.15) is 46.5 Å². The first kappa shape index (κ1) is 14.9. The molecule has 0 aliphatic rings. The van der Waals surface area contributed by atoms with Crippen LogP contribution in [0.15, 0.2) is 23.8 Å². The third-order valence-electron chi connectivity index (χ3n) is 2.70. The van der Waals surface area contributed by atoms with Gasteiger partial charge in [0.2, 0.25) is 0 Å². The van der Waals surface area contributed by atoms with Crippen LogP contribution in [0.25, 0.3) is 0 Å². The number of esters is 1. The van der Waals surface area contributed by atoms with Gasteiger partial charge in [-0.15, -0.1) is 0 Å². The Labute approximate surface area is 99.4 Å². The Hall–Kier alpha value is -1.05. The molecule has 0 aromatic rings. The predicted molar refractivity (Wildman–Crippen MR) is 68.2 cm³/mol. The lowest BCUT2D eigenvalue weighted by Gasteiger charge is -2.06. The van der Waals surface area contributed by atoms with Crippen LogP contribution in [-0.2, 0) is 9.53 Å². The van der Waals surface area contributed by atoms with Gasteiger partial charge >= 0.3 is 5.97 Å². The zero-order valence-corrected chi connectivity index (χ0v) is 11.0. The van der Waals surface area contributed by atoms with E-state index in [0.29, 0.717) is 5.92 Å². The van der Waals surface area contributed by atoms with Crippen molar-refractivity contribution in [2.75, 3.05) is 7.11 Å². The summed E-state index contributed by atoms with van der Waals surface area (Å²) >= 11 is 0. The van der Waals surface area contributed by atoms with E-state index in [1.807, 2.05) is 6.08 Å². The maximum Gasteiger partial charge on any atom is 0.330 e. The summed E-state index contributed by atoms with van der Waals surface area (Å²) in [5.74, 6) is 0.343. The minimum absolute atomic E-state index is 0.270. The molecule has 92 valence electrons. The largest absolute Gasteiger partial charge is 0.466 e. The highest BCUT2D eigenvalue weighted by atomic mass is 16.5. The molecule has 0 rings (SSSR count). The summed E-state index contributed by atoms with van der Waals surface area (Å²) in [5.41, 5.74) is 1.46. The molecule has 0 heterocycles. The highest BCUT2D eigenvalue weighted by Crippen LogP contribution is 2.13. The molecule has 0 aliphatic carbocycles. The Morgan fingerprint density at radius 3 is 2.69 bits per heavy atom. The van der Waals surface area contributed by atoms with E-state index < -0.39 is 0 Å². The Bertz CT molecular complexity index is 251. The number of allylic oxidation sites excluding steroid dienone is 3. The molecule has 0 aromatic carbocycles. The fourth-order valence-corrected chi connectivity index (χ4v) is 1.34. The van der Waals surface area contributed by atoms with Crippen molar-refractivity contribution in [3.63, 3.8) is 0 Å². The molecule has 0 aliphatic heterocycles. The summed E-state index contributed by atoms with van der Waals surface area (Å²) in [4.78, 5) is 10.8. The quantitative estimate of drug-likeness (QED) is 0.373. The number of hydrogen-bond donors (Lipinski definition) is 0. The third-order valence-corrected chi connectivity index (χ3v) is 2.70. The summed E-state index contributed by atoms with van der Waals surface area (Å²) in [7, 11) is 1.40. The average molecular weight is 224 g/mol. The van der Waals surface area contributed by atoms with Gasteiger partial charge in [-0.25, -0.2) is 4.79 Å². The van der Waals surface area contributed by atoms with Gasteiger partial charge in [-0.05, 0) is 38.5 Å². The first-order valence-electron chi connectivity index (χ1n) is 6.00. The van der Waals surface area contributed by atoms with Crippen LogP contribution in [0.2, 0.25) is 0 Å². The highest BCUT2D eigenvalue weighted by Gasteiger charge is 1.99. The molecule has 0 amide bonds. The molecule has 0 spiro atoms. The van der Waals surface area contributed by atoms with Crippen LogP contribution in [0.5, 0.6) is 0 Å². The first-order valence-corrected chi connectivity index (χ1v) is 6.00. The van der Waals surface area contributed by atoms with Crippen molar-refractivity contribution >= 4 is 5.97 Å². The van der Waals surface area contributed by atoms with Gasteiger partial charge in [0.1, 0.15) is 0 Å². The van der Waals surface area contributed by atoms with Gasteiger partial charge in [-0.1, -0.05) is 31.6 Å². The molecule has 0 N–H and O–H groups in total. The second-order valence-electron chi connectivity index (χ2n) is 4.25. The van der Waals surface area contributed by atoms with Gasteiger partial charge in [0.15, 0.2) is 0 Å². The summed E-state index contributed by atoms with van der Waals surface area (Å²) in [6, 6.07) is 0. The Morgan fingerprint density at radius 1 is 1.44 bits per heavy atom. The molecule has 0 aromatic heterocycles. The third kappa shape index (κ3) is 8.27. The average Bonchev–Trinajstić information content (AvgIpc) is 2.28. The van der Waals surface area contributed by atoms with Crippen molar-refractivity contribution in [3.8, 4) is 0 Å². The standard InChI is InChI=1S/C14H24O2/c1-5-12(2)8-6-9-13(3)10-7-11-14(15)16-4/h7-8,11,13H,5-6,9-10H2,1-4H3/b11-7+,12-8?. The normalized spacial score (nSPS) is 14.1. The highest BCUT2D eigenvalue weighted by molar-refractivity contribution is 5.81. The maximum atomic E-state index is 10.8. The minimum atomic E-state index is -0.270. The smallest absolute Gasteiger partial charge is 0.330 e. The van der Waals surface area contributed by atoms with Gasteiger partial charge in [0.25, 0.3) is 0 Å². The van der Waals surface area contributed by atoms with Crippen LogP contribution in [0, 0.1) is 5.92 Å². The molecule has 16 heavy (non-hydrogen) atoms. The van der Waals surface area contributed by atoms with Gasteiger partial charge < -0.3 is 4.74 Å². The van der Waals surface area contributed by atoms with Crippen molar-refractivity contribution in [1.82, 2.24) is 0 Å². The van der Waals surface area contributed by atoms with Crippen molar-refractivity contribution in [1.29, 1.82) is 0 Å². The summed E-state index contributed by atoms with van der Waals surface area (Å²) in [6.45, 7) is 6.55. The first-order chi connectivity index (χ1) is 7.60. The van der Waals surface area contributed by atoms with E-state index in [1.165, 1.54) is 25.2 Å². The van der Waals surface area contributed by atoms with Crippen LogP contribution in [0.4, 0.5) is 0 Å². The lowest BCUT2D eigenvalue weighted by atomic mass is 10.0. The molecule has 0 saturated heterocycles. The number of carbonyl (C=O) groups excluding carboxylic acids is 1. The molecule has 1 atom stereocenters. The maximum absolute atomic E-state index is 10.8. The van der Waals surface area contributed by atoms with Crippen molar-refractivity contribution < 1.29 is 9.53 Å². The molecular weight excluding hydrogens is 200 g/mol. The Balaban J connectivity index is 3.71. The van der Waals surface area contributed by atoms with Gasteiger partial charge in [-0.3, -0.25) is 0 Å². The summed E-state index contributed by atoms with van der Waals surface area (Å²) in [6.07, 6.45) is 10.1. The molecular formula is C14H24O2. The molecule has 2 heteroatoms. The Kier molecular flexibility index (Phi) is 8.59. The van der Waals surface area contributed by atoms with Crippen molar-refractivity contribution in [3.05, 3.63) is 23.8 Å². The van der Waals surface area contributed by atoms with E-state index in [-0.39, 0.29) is 5.97 Å². The SMILES string of the molecule is CCC(C)=CCCC(C)C/C=C/C(=O)OC. The second-order valence-corrected chi connectivity index (χ2v) is 4.25. The molecule has 1 unspecified atom stereocenters. The van der Waals surface area contributed by atoms with Crippen LogP contribution < -0.4 is 0 Å². The number of ether oxygens (including phenoxy) is 1. The van der Waals surface area contributed by atoms with Gasteiger partial charge in [0, 0.05) is 6.08 Å². The van der Waals surface area contributed by atoms with Gasteiger partial charge in [0.05, 0.1) is 7.11 Å². The topological polar surface area (TPSA) is 26.3 Å². The lowest BCUT2D eigenvalue weighted by molar-refractivity contribution is -0.134. The van der Waals surface area contributed by atoms with Crippen molar-refractivity contribution in [2.45, 2.75) is 46.5 Å². The van der Waals surface area contributed by atoms with Crippen LogP contribution >= 0.6 is 0 Å². The number of hydrogen-bond acceptors (Lipinski definition) is 2. The van der Waals surface area contributed by atoms with E-state index in [2.05, 4.69) is 31.6 Å². The van der Waals surface area contributed by atoms with E-state index in [1.54, 1.807) is 0 Å². The van der Waals surface area contributed by atoms with E-state index >= 15 is 0 Å². The zero-order valence-electron chi connectivity index (χ0n) is 11.0. The lowest BCUT2D eigenvalue weighted by Crippen LogP contribution is -1.96. The molecule has 0 fully saturated rings. The van der Waals surface area contributed by atoms with Crippen LogP contribution in [0.3, 0.4) is 0 Å².